The maximum absolute atomic E-state index is 10.7. The van der Waals surface area contributed by atoms with Gasteiger partial charge in [-0.2, -0.15) is 18.2 Å². The van der Waals surface area contributed by atoms with Crippen LogP contribution in [-0.2, 0) is 26.6 Å². The second kappa shape index (κ2) is 9.40. The molecule has 98 valence electrons. The summed E-state index contributed by atoms with van der Waals surface area (Å²) in [7, 11) is 1.29. The molecule has 0 atom stereocenters. The fourth-order valence-electron chi connectivity index (χ4n) is 1.20. The first-order valence-corrected chi connectivity index (χ1v) is 5.24. The van der Waals surface area contributed by atoms with Gasteiger partial charge < -0.3 is 9.84 Å². The number of hydrogen-bond donors (Lipinski definition) is 1. The van der Waals surface area contributed by atoms with Crippen LogP contribution in [0.1, 0.15) is 6.42 Å². The van der Waals surface area contributed by atoms with Gasteiger partial charge in [-0.25, -0.2) is 12.1 Å². The van der Waals surface area contributed by atoms with Crippen LogP contribution in [0, 0.1) is 0 Å². The van der Waals surface area contributed by atoms with E-state index in [0.717, 1.165) is 0 Å². The predicted octanol–water partition coefficient (Wildman–Crippen LogP) is 2.89. The third kappa shape index (κ3) is 6.18. The van der Waals surface area contributed by atoms with Crippen LogP contribution in [0.25, 0.3) is 0 Å². The Morgan fingerprint density at radius 1 is 1.28 bits per heavy atom. The van der Waals surface area contributed by atoms with Gasteiger partial charge in [0, 0.05) is 22.6 Å². The Kier molecular flexibility index (Phi) is 8.54. The molecule has 1 aromatic rings. The molecule has 0 spiro atoms. The van der Waals surface area contributed by atoms with Gasteiger partial charge in [0.2, 0.25) is 0 Å². The topological polar surface area (TPSA) is 46.5 Å². The van der Waals surface area contributed by atoms with Gasteiger partial charge >= 0.3 is 5.97 Å². The van der Waals surface area contributed by atoms with Crippen molar-refractivity contribution in [3.8, 4) is 0 Å². The third-order valence-electron chi connectivity index (χ3n) is 2.09. The van der Waals surface area contributed by atoms with Gasteiger partial charge in [-0.05, 0) is 0 Å². The zero-order valence-electron chi connectivity index (χ0n) is 10.0. The summed E-state index contributed by atoms with van der Waals surface area (Å²) in [4.78, 5) is 10.7. The molecule has 3 nitrogen and oxygen atoms in total. The zero-order valence-corrected chi connectivity index (χ0v) is 11.1. The molecule has 18 heavy (non-hydrogen) atoms. The Bertz CT molecular complexity index is 397. The summed E-state index contributed by atoms with van der Waals surface area (Å²) < 4.78 is 4.40. The number of esters is 1. The van der Waals surface area contributed by atoms with Gasteiger partial charge in [0.1, 0.15) is 12.2 Å². The fourth-order valence-corrected chi connectivity index (χ4v) is 1.20. The summed E-state index contributed by atoms with van der Waals surface area (Å²) in [5.74, 6) is -0.388. The van der Waals surface area contributed by atoms with Crippen molar-refractivity contribution < 1.29 is 31.7 Å². The summed E-state index contributed by atoms with van der Waals surface area (Å²) in [6, 6.07) is 10.0. The number of carbonyl (C=O) groups excluding carboxylic acids is 1. The molecular weight excluding hydrogens is 272 g/mol. The van der Waals surface area contributed by atoms with Crippen LogP contribution in [0.5, 0.6) is 0 Å². The van der Waals surface area contributed by atoms with Crippen molar-refractivity contribution in [2.75, 3.05) is 7.11 Å². The number of methoxy groups -OCH3 is 1. The van der Waals surface area contributed by atoms with Crippen molar-refractivity contribution in [2.24, 2.45) is 0 Å². The smallest absolute Gasteiger partial charge is 0.313 e. The zero-order chi connectivity index (χ0) is 12.5. The van der Waals surface area contributed by atoms with Crippen molar-refractivity contribution in [3.05, 3.63) is 66.0 Å². The van der Waals surface area contributed by atoms with E-state index in [0.29, 0.717) is 5.57 Å². The van der Waals surface area contributed by atoms with Crippen LogP contribution >= 0.6 is 0 Å². The molecule has 1 N–H and O–H groups in total. The van der Waals surface area contributed by atoms with E-state index in [-0.39, 0.29) is 29.2 Å². The molecule has 1 aromatic carbocycles. The standard InChI is InChI=1S/C9H10O3.C5H5.Fe/c1-12-9(11)6-8(10)7-4-2-3-5-7;1-2-4-5-3-1;/h2-5,10H,6H2,1H3;1-5H;/q;-1;. The maximum atomic E-state index is 10.7. The van der Waals surface area contributed by atoms with Gasteiger partial charge in [-0.3, -0.25) is 4.79 Å². The second-order valence-corrected chi connectivity index (χ2v) is 3.34. The minimum absolute atomic E-state index is 0. The minimum atomic E-state index is -0.436. The Labute approximate surface area is 117 Å². The largest absolute Gasteiger partial charge is 0.511 e. The van der Waals surface area contributed by atoms with Crippen LogP contribution in [-0.4, -0.2) is 18.2 Å². The van der Waals surface area contributed by atoms with Crippen molar-refractivity contribution in [1.82, 2.24) is 0 Å². The molecule has 0 bridgehead atoms. The van der Waals surface area contributed by atoms with Crippen LogP contribution in [0.3, 0.4) is 0 Å². The average Bonchev–Trinajstić information content (AvgIpc) is 3.04. The number of aliphatic hydroxyl groups excluding tert-OH is 1. The number of hydrogen-bond acceptors (Lipinski definition) is 3. The molecule has 0 aliphatic heterocycles. The first-order chi connectivity index (χ1) is 8.24. The van der Waals surface area contributed by atoms with Crippen LogP contribution < -0.4 is 0 Å². The first-order valence-electron chi connectivity index (χ1n) is 5.24. The maximum Gasteiger partial charge on any atom is 0.313 e. The molecule has 0 saturated heterocycles. The molecule has 0 heterocycles. The predicted molar refractivity (Wildman–Crippen MR) is 66.6 cm³/mol. The molecule has 1 aliphatic carbocycles. The number of rotatable bonds is 2. The average molecular weight is 287 g/mol. The van der Waals surface area contributed by atoms with Gasteiger partial charge in [0.05, 0.1) is 7.11 Å². The van der Waals surface area contributed by atoms with Gasteiger partial charge in [0.15, 0.2) is 0 Å². The second-order valence-electron chi connectivity index (χ2n) is 3.34. The minimum Gasteiger partial charge on any atom is -0.511 e. The summed E-state index contributed by atoms with van der Waals surface area (Å²) >= 11 is 0. The van der Waals surface area contributed by atoms with E-state index in [1.807, 2.05) is 30.3 Å². The van der Waals surface area contributed by atoms with E-state index in [2.05, 4.69) is 4.74 Å². The molecule has 0 unspecified atom stereocenters. The number of ether oxygens (including phenoxy) is 1. The van der Waals surface area contributed by atoms with Crippen LogP contribution in [0.15, 0.2) is 66.0 Å². The molecule has 2 rings (SSSR count). The first kappa shape index (κ1) is 16.4. The van der Waals surface area contributed by atoms with E-state index in [1.165, 1.54) is 7.11 Å². The molecular formula is C14H15FeO3-. The molecule has 0 aromatic heterocycles. The molecule has 1 aliphatic rings. The monoisotopic (exact) mass is 287 g/mol. The molecule has 0 fully saturated rings. The van der Waals surface area contributed by atoms with Crippen molar-refractivity contribution >= 4 is 5.97 Å². The van der Waals surface area contributed by atoms with Crippen molar-refractivity contribution in [2.45, 2.75) is 6.42 Å². The van der Waals surface area contributed by atoms with E-state index in [4.69, 9.17) is 0 Å². The normalized spacial score (nSPS) is 11.3. The fraction of sp³-hybridized carbons (Fsp3) is 0.143. The van der Waals surface area contributed by atoms with Crippen molar-refractivity contribution in [3.63, 3.8) is 0 Å². The summed E-state index contributed by atoms with van der Waals surface area (Å²) in [6.07, 6.45) is 6.99. The third-order valence-corrected chi connectivity index (χ3v) is 2.09. The summed E-state index contributed by atoms with van der Waals surface area (Å²) in [5, 5.41) is 9.33. The molecule has 0 radical (unpaired) electrons. The Balaban J connectivity index is 0.000000405. The molecule has 0 saturated carbocycles. The Hall–Kier alpha value is -1.64. The van der Waals surface area contributed by atoms with Crippen LogP contribution in [0.2, 0.25) is 0 Å². The summed E-state index contributed by atoms with van der Waals surface area (Å²) in [5.41, 5.74) is 0.667. The van der Waals surface area contributed by atoms with Gasteiger partial charge in [0.25, 0.3) is 0 Å². The number of carbonyl (C=O) groups is 1. The van der Waals surface area contributed by atoms with Crippen LogP contribution in [0.4, 0.5) is 0 Å². The summed E-state index contributed by atoms with van der Waals surface area (Å²) in [6.45, 7) is 0. The Morgan fingerprint density at radius 2 is 1.83 bits per heavy atom. The van der Waals surface area contributed by atoms with Gasteiger partial charge in [-0.15, -0.1) is 0 Å². The number of aliphatic hydroxyl groups is 1. The van der Waals surface area contributed by atoms with E-state index < -0.39 is 5.97 Å². The van der Waals surface area contributed by atoms with E-state index in [9.17, 15) is 9.90 Å². The molecule has 4 heteroatoms. The quantitative estimate of drug-likeness (QED) is 0.394. The van der Waals surface area contributed by atoms with Gasteiger partial charge in [-0.1, -0.05) is 24.3 Å². The van der Waals surface area contributed by atoms with E-state index in [1.54, 1.807) is 24.3 Å². The number of allylic oxidation sites excluding steroid dienone is 5. The van der Waals surface area contributed by atoms with E-state index >= 15 is 0 Å². The van der Waals surface area contributed by atoms with Crippen molar-refractivity contribution in [1.29, 1.82) is 0 Å². The SMILES string of the molecule is COC(=O)CC(O)=C1C=CC=C1.[Fe].c1cc[cH-]c1. The Morgan fingerprint density at radius 3 is 2.22 bits per heavy atom. The molecule has 0 amide bonds.